The molecule has 0 atom stereocenters. The van der Waals surface area contributed by atoms with E-state index < -0.39 is 0 Å². The first kappa shape index (κ1) is 26.5. The average Bonchev–Trinajstić information content (AvgIpc) is 3.64. The summed E-state index contributed by atoms with van der Waals surface area (Å²) in [6.07, 6.45) is 13.1. The van der Waals surface area contributed by atoms with Gasteiger partial charge in [0.15, 0.2) is 23.0 Å². The first-order valence-electron chi connectivity index (χ1n) is 14.1. The van der Waals surface area contributed by atoms with Crippen LogP contribution >= 0.6 is 0 Å². The van der Waals surface area contributed by atoms with Gasteiger partial charge in [0.05, 0.1) is 28.4 Å². The summed E-state index contributed by atoms with van der Waals surface area (Å²) in [6.45, 7) is 7.85. The molecule has 204 valence electrons. The molecule has 2 aliphatic carbocycles. The number of rotatable bonds is 8. The van der Waals surface area contributed by atoms with Crippen molar-refractivity contribution in [3.63, 3.8) is 0 Å². The molecule has 0 bridgehead atoms. The standard InChI is InChI=1S/C33H43NO4/c1-7-32(12-8-9-13-32)25-19-30(37-5)28(35-3)17-23(25)22(2)16-27-24-18-29(36-4)31(38-6)20-26(24)33(21-34-27)14-10-11-15-33/h16-20,34H,2,7-15,21H2,1,3-6H3. The topological polar surface area (TPSA) is 49.0 Å². The zero-order valence-electron chi connectivity index (χ0n) is 23.8. The Hall–Kier alpha value is -3.08. The van der Waals surface area contributed by atoms with Gasteiger partial charge in [-0.25, -0.2) is 0 Å². The minimum Gasteiger partial charge on any atom is -0.493 e. The zero-order chi connectivity index (χ0) is 26.9. The van der Waals surface area contributed by atoms with Gasteiger partial charge in [-0.05, 0) is 90.1 Å². The lowest BCUT2D eigenvalue weighted by molar-refractivity contribution is 0.350. The van der Waals surface area contributed by atoms with Crippen molar-refractivity contribution < 1.29 is 18.9 Å². The highest BCUT2D eigenvalue weighted by atomic mass is 16.5. The van der Waals surface area contributed by atoms with Gasteiger partial charge in [0.2, 0.25) is 0 Å². The molecule has 0 radical (unpaired) electrons. The van der Waals surface area contributed by atoms with Crippen LogP contribution in [0.5, 0.6) is 23.0 Å². The Morgan fingerprint density at radius 2 is 1.32 bits per heavy atom. The SMILES string of the molecule is C=C(C=C1NCC2(CCCC2)c2cc(OC)c(OC)cc21)c1cc(OC)c(OC)cc1C1(CC)CCCC1. The molecule has 1 aliphatic heterocycles. The van der Waals surface area contributed by atoms with E-state index in [0.717, 1.165) is 52.8 Å². The quantitative estimate of drug-likeness (QED) is 0.395. The normalized spacial score (nSPS) is 20.2. The Morgan fingerprint density at radius 3 is 1.89 bits per heavy atom. The Bertz CT molecular complexity index is 1230. The van der Waals surface area contributed by atoms with Crippen molar-refractivity contribution in [1.29, 1.82) is 0 Å². The Morgan fingerprint density at radius 1 is 0.789 bits per heavy atom. The van der Waals surface area contributed by atoms with Gasteiger partial charge in [-0.2, -0.15) is 0 Å². The summed E-state index contributed by atoms with van der Waals surface area (Å²) in [5, 5.41) is 3.81. The van der Waals surface area contributed by atoms with Gasteiger partial charge in [0, 0.05) is 23.2 Å². The molecule has 3 aliphatic rings. The van der Waals surface area contributed by atoms with E-state index in [0.29, 0.717) is 0 Å². The minimum atomic E-state index is 0.137. The van der Waals surface area contributed by atoms with Crippen molar-refractivity contribution in [1.82, 2.24) is 5.32 Å². The van der Waals surface area contributed by atoms with Crippen LogP contribution in [0.4, 0.5) is 0 Å². The third-order valence-electron chi connectivity index (χ3n) is 9.56. The van der Waals surface area contributed by atoms with Crippen LogP contribution in [0.15, 0.2) is 36.9 Å². The van der Waals surface area contributed by atoms with Crippen LogP contribution in [-0.2, 0) is 10.8 Å². The van der Waals surface area contributed by atoms with Crippen LogP contribution in [-0.4, -0.2) is 35.0 Å². The van der Waals surface area contributed by atoms with Gasteiger partial charge in [0.25, 0.3) is 0 Å². The van der Waals surface area contributed by atoms with Gasteiger partial charge in [-0.15, -0.1) is 0 Å². The number of methoxy groups -OCH3 is 4. The first-order valence-corrected chi connectivity index (χ1v) is 14.1. The van der Waals surface area contributed by atoms with Crippen molar-refractivity contribution in [2.75, 3.05) is 35.0 Å². The minimum absolute atomic E-state index is 0.137. The maximum atomic E-state index is 5.75. The van der Waals surface area contributed by atoms with E-state index in [1.54, 1.807) is 28.4 Å². The van der Waals surface area contributed by atoms with E-state index in [1.165, 1.54) is 68.1 Å². The molecule has 5 rings (SSSR count). The molecular weight excluding hydrogens is 474 g/mol. The summed E-state index contributed by atoms with van der Waals surface area (Å²) in [5.41, 5.74) is 7.35. The molecule has 2 saturated carbocycles. The Labute approximate surface area is 228 Å². The molecule has 1 N–H and O–H groups in total. The van der Waals surface area contributed by atoms with E-state index in [-0.39, 0.29) is 10.8 Å². The first-order chi connectivity index (χ1) is 18.4. The second-order valence-electron chi connectivity index (χ2n) is 11.3. The summed E-state index contributed by atoms with van der Waals surface area (Å²) in [4.78, 5) is 0. The number of hydrogen-bond donors (Lipinski definition) is 1. The highest BCUT2D eigenvalue weighted by Gasteiger charge is 2.42. The molecular formula is C33H43NO4. The van der Waals surface area contributed by atoms with Crippen molar-refractivity contribution in [2.24, 2.45) is 0 Å². The molecule has 38 heavy (non-hydrogen) atoms. The summed E-state index contributed by atoms with van der Waals surface area (Å²) < 4.78 is 22.9. The lowest BCUT2D eigenvalue weighted by atomic mass is 9.72. The van der Waals surface area contributed by atoms with Gasteiger partial charge in [-0.3, -0.25) is 0 Å². The molecule has 2 aromatic rings. The number of hydrogen-bond acceptors (Lipinski definition) is 5. The molecule has 0 unspecified atom stereocenters. The molecule has 1 heterocycles. The molecule has 2 fully saturated rings. The van der Waals surface area contributed by atoms with Crippen LogP contribution in [0.3, 0.4) is 0 Å². The maximum absolute atomic E-state index is 5.75. The zero-order valence-corrected chi connectivity index (χ0v) is 23.8. The predicted molar refractivity (Wildman–Crippen MR) is 155 cm³/mol. The number of benzene rings is 2. The van der Waals surface area contributed by atoms with Crippen LogP contribution in [0.2, 0.25) is 0 Å². The molecule has 5 nitrogen and oxygen atoms in total. The number of nitrogens with one attached hydrogen (secondary N) is 1. The van der Waals surface area contributed by atoms with Gasteiger partial charge in [0.1, 0.15) is 0 Å². The monoisotopic (exact) mass is 517 g/mol. The fourth-order valence-corrected chi connectivity index (χ4v) is 7.32. The van der Waals surface area contributed by atoms with Crippen LogP contribution < -0.4 is 24.3 Å². The fourth-order valence-electron chi connectivity index (χ4n) is 7.32. The Kier molecular flexibility index (Phi) is 7.39. The lowest BCUT2D eigenvalue weighted by Gasteiger charge is -2.38. The molecule has 0 saturated heterocycles. The van der Waals surface area contributed by atoms with E-state index in [2.05, 4.69) is 49.2 Å². The molecule has 0 amide bonds. The van der Waals surface area contributed by atoms with Crippen LogP contribution in [0.25, 0.3) is 11.3 Å². The third kappa shape index (κ3) is 4.34. The van der Waals surface area contributed by atoms with Gasteiger partial charge in [-0.1, -0.05) is 39.2 Å². The maximum Gasteiger partial charge on any atom is 0.161 e. The number of ether oxygens (including phenoxy) is 4. The van der Waals surface area contributed by atoms with Gasteiger partial charge < -0.3 is 24.3 Å². The van der Waals surface area contributed by atoms with Crippen molar-refractivity contribution in [3.05, 3.63) is 59.2 Å². The largest absolute Gasteiger partial charge is 0.493 e. The third-order valence-corrected chi connectivity index (χ3v) is 9.56. The lowest BCUT2D eigenvalue weighted by Crippen LogP contribution is -2.40. The smallest absolute Gasteiger partial charge is 0.161 e. The summed E-state index contributed by atoms with van der Waals surface area (Å²) in [5.74, 6) is 3.07. The van der Waals surface area contributed by atoms with Crippen LogP contribution in [0.1, 0.15) is 87.0 Å². The van der Waals surface area contributed by atoms with E-state index in [9.17, 15) is 0 Å². The summed E-state index contributed by atoms with van der Waals surface area (Å²) >= 11 is 0. The second-order valence-corrected chi connectivity index (χ2v) is 11.3. The van der Waals surface area contributed by atoms with E-state index >= 15 is 0 Å². The van der Waals surface area contributed by atoms with Crippen LogP contribution in [0, 0.1) is 0 Å². The number of allylic oxidation sites excluding steroid dienone is 2. The molecule has 5 heteroatoms. The fraction of sp³-hybridized carbons (Fsp3) is 0.515. The molecule has 0 aromatic heterocycles. The summed E-state index contributed by atoms with van der Waals surface area (Å²) in [6, 6.07) is 8.68. The van der Waals surface area contributed by atoms with Crippen molar-refractivity contribution in [3.8, 4) is 23.0 Å². The Balaban J connectivity index is 1.64. The highest BCUT2D eigenvalue weighted by molar-refractivity contribution is 5.87. The average molecular weight is 518 g/mol. The summed E-state index contributed by atoms with van der Waals surface area (Å²) in [7, 11) is 6.84. The highest BCUT2D eigenvalue weighted by Crippen LogP contribution is 2.51. The van der Waals surface area contributed by atoms with E-state index in [4.69, 9.17) is 18.9 Å². The number of fused-ring (bicyclic) bond motifs is 2. The van der Waals surface area contributed by atoms with Crippen molar-refractivity contribution in [2.45, 2.75) is 75.5 Å². The molecule has 1 spiro atoms. The van der Waals surface area contributed by atoms with Crippen molar-refractivity contribution >= 4 is 11.3 Å². The second kappa shape index (κ2) is 10.6. The predicted octanol–water partition coefficient (Wildman–Crippen LogP) is 7.41. The van der Waals surface area contributed by atoms with Gasteiger partial charge >= 0.3 is 0 Å². The van der Waals surface area contributed by atoms with E-state index in [1.807, 2.05) is 0 Å². The molecule has 2 aromatic carbocycles.